The Labute approximate surface area is 152 Å². The monoisotopic (exact) mass is 353 g/mol. The number of rotatable bonds is 4. The van der Waals surface area contributed by atoms with Gasteiger partial charge in [-0.1, -0.05) is 23.9 Å². The Morgan fingerprint density at radius 2 is 1.92 bits per heavy atom. The fraction of sp³-hybridized carbons (Fsp3) is 0.350. The number of anilines is 1. The predicted molar refractivity (Wildman–Crippen MR) is 102 cm³/mol. The Morgan fingerprint density at radius 1 is 1.12 bits per heavy atom. The van der Waals surface area contributed by atoms with E-state index in [0.717, 1.165) is 39.9 Å². The minimum absolute atomic E-state index is 0.0308. The zero-order valence-corrected chi connectivity index (χ0v) is 15.0. The van der Waals surface area contributed by atoms with Gasteiger partial charge in [0.25, 0.3) is 5.91 Å². The van der Waals surface area contributed by atoms with Crippen LogP contribution in [-0.2, 0) is 0 Å². The molecule has 25 heavy (non-hydrogen) atoms. The van der Waals surface area contributed by atoms with Gasteiger partial charge in [0.2, 0.25) is 0 Å². The second-order valence-corrected chi connectivity index (χ2v) is 8.10. The third-order valence-corrected chi connectivity index (χ3v) is 6.16. The van der Waals surface area contributed by atoms with Crippen LogP contribution in [-0.4, -0.2) is 36.5 Å². The van der Waals surface area contributed by atoms with Crippen molar-refractivity contribution in [2.75, 3.05) is 25.4 Å². The summed E-state index contributed by atoms with van der Waals surface area (Å²) in [7, 11) is 0. The van der Waals surface area contributed by atoms with E-state index in [-0.39, 0.29) is 11.9 Å². The number of nitrogens with zero attached hydrogens (tertiary/aromatic N) is 1. The molecule has 4 rings (SSSR count). The summed E-state index contributed by atoms with van der Waals surface area (Å²) in [6, 6.07) is 15.9. The molecule has 1 amide bonds. The van der Waals surface area contributed by atoms with Crippen molar-refractivity contribution in [1.82, 2.24) is 10.2 Å². The van der Waals surface area contributed by atoms with E-state index in [0.29, 0.717) is 0 Å². The molecule has 2 heterocycles. The Kier molecular flexibility index (Phi) is 4.68. The fourth-order valence-electron chi connectivity index (χ4n) is 3.81. The van der Waals surface area contributed by atoms with Gasteiger partial charge < -0.3 is 16.0 Å². The number of piperidine rings is 1. The standard InChI is InChI=1S/C20H23N3OS/c21-18-3-1-2-4-19(18)25-17-7-5-15(6-8-17)20(24)22-16-11-14-9-10-23(12-14)13-16/h1-8,14,16H,9-13,21H2,(H,22,24)/t14-,16-/m1/s1. The second kappa shape index (κ2) is 7.10. The highest BCUT2D eigenvalue weighted by Gasteiger charge is 2.32. The molecule has 0 spiro atoms. The summed E-state index contributed by atoms with van der Waals surface area (Å²) in [4.78, 5) is 17.1. The summed E-state index contributed by atoms with van der Waals surface area (Å²) in [5.74, 6) is 0.789. The highest BCUT2D eigenvalue weighted by molar-refractivity contribution is 7.99. The van der Waals surface area contributed by atoms with E-state index in [4.69, 9.17) is 5.73 Å². The van der Waals surface area contributed by atoms with Gasteiger partial charge in [0, 0.05) is 40.2 Å². The molecule has 3 atom stereocenters. The van der Waals surface area contributed by atoms with E-state index in [9.17, 15) is 4.79 Å². The van der Waals surface area contributed by atoms with Crippen LogP contribution in [0.5, 0.6) is 0 Å². The number of fused-ring (bicyclic) bond motifs is 2. The Morgan fingerprint density at radius 3 is 2.68 bits per heavy atom. The van der Waals surface area contributed by atoms with E-state index in [1.54, 1.807) is 11.8 Å². The van der Waals surface area contributed by atoms with Crippen LogP contribution in [0.1, 0.15) is 23.2 Å². The molecule has 2 aromatic carbocycles. The zero-order valence-electron chi connectivity index (χ0n) is 14.2. The smallest absolute Gasteiger partial charge is 0.251 e. The number of carbonyl (C=O) groups is 1. The summed E-state index contributed by atoms with van der Waals surface area (Å²) in [5.41, 5.74) is 7.48. The van der Waals surface area contributed by atoms with Crippen molar-refractivity contribution in [3.63, 3.8) is 0 Å². The van der Waals surface area contributed by atoms with Gasteiger partial charge in [-0.3, -0.25) is 4.79 Å². The highest BCUT2D eigenvalue weighted by Crippen LogP contribution is 2.32. The minimum atomic E-state index is 0.0308. The van der Waals surface area contributed by atoms with E-state index in [2.05, 4.69) is 10.2 Å². The van der Waals surface area contributed by atoms with Crippen LogP contribution >= 0.6 is 11.8 Å². The number of amides is 1. The number of benzene rings is 2. The summed E-state index contributed by atoms with van der Waals surface area (Å²) in [6.07, 6.45) is 2.39. The molecule has 130 valence electrons. The minimum Gasteiger partial charge on any atom is -0.398 e. The molecule has 4 nitrogen and oxygen atoms in total. The third-order valence-electron chi connectivity index (χ3n) is 5.06. The van der Waals surface area contributed by atoms with Gasteiger partial charge in [0.05, 0.1) is 0 Å². The molecule has 0 saturated carbocycles. The van der Waals surface area contributed by atoms with Gasteiger partial charge >= 0.3 is 0 Å². The predicted octanol–water partition coefficient (Wildman–Crippen LogP) is 3.24. The highest BCUT2D eigenvalue weighted by atomic mass is 32.2. The molecule has 2 fully saturated rings. The van der Waals surface area contributed by atoms with Gasteiger partial charge in [0.1, 0.15) is 0 Å². The van der Waals surface area contributed by atoms with E-state index in [1.807, 2.05) is 48.5 Å². The number of hydrogen-bond donors (Lipinski definition) is 2. The summed E-state index contributed by atoms with van der Waals surface area (Å²) >= 11 is 1.62. The molecule has 2 aromatic rings. The zero-order chi connectivity index (χ0) is 17.2. The number of nitrogens with two attached hydrogens (primary N) is 1. The maximum Gasteiger partial charge on any atom is 0.251 e. The molecule has 2 bridgehead atoms. The quantitative estimate of drug-likeness (QED) is 0.829. The number of nitrogens with one attached hydrogen (secondary N) is 1. The second-order valence-electron chi connectivity index (χ2n) is 6.98. The summed E-state index contributed by atoms with van der Waals surface area (Å²) in [6.45, 7) is 3.38. The van der Waals surface area contributed by atoms with Gasteiger partial charge in [-0.15, -0.1) is 0 Å². The van der Waals surface area contributed by atoms with Gasteiger partial charge in [-0.25, -0.2) is 0 Å². The van der Waals surface area contributed by atoms with Crippen molar-refractivity contribution in [3.8, 4) is 0 Å². The molecule has 1 unspecified atom stereocenters. The van der Waals surface area contributed by atoms with Crippen molar-refractivity contribution in [2.24, 2.45) is 5.92 Å². The molecule has 2 aliphatic heterocycles. The van der Waals surface area contributed by atoms with Crippen LogP contribution in [0.2, 0.25) is 0 Å². The largest absolute Gasteiger partial charge is 0.398 e. The van der Waals surface area contributed by atoms with Crippen LogP contribution in [0.15, 0.2) is 58.3 Å². The van der Waals surface area contributed by atoms with Crippen LogP contribution in [0.4, 0.5) is 5.69 Å². The normalized spacial score (nSPS) is 24.9. The van der Waals surface area contributed by atoms with Crippen LogP contribution < -0.4 is 11.1 Å². The molecule has 0 radical (unpaired) electrons. The van der Waals surface area contributed by atoms with Crippen LogP contribution in [0.25, 0.3) is 0 Å². The average molecular weight is 353 g/mol. The molecule has 3 N–H and O–H groups in total. The van der Waals surface area contributed by atoms with E-state index in [1.165, 1.54) is 19.5 Å². The van der Waals surface area contributed by atoms with Gasteiger partial charge in [0.15, 0.2) is 0 Å². The van der Waals surface area contributed by atoms with Crippen molar-refractivity contribution in [2.45, 2.75) is 28.7 Å². The Balaban J connectivity index is 1.38. The average Bonchev–Trinajstić information content (AvgIpc) is 2.96. The lowest BCUT2D eigenvalue weighted by Gasteiger charge is -2.30. The maximum atomic E-state index is 12.5. The van der Waals surface area contributed by atoms with E-state index < -0.39 is 0 Å². The first-order chi connectivity index (χ1) is 12.2. The lowest BCUT2D eigenvalue weighted by molar-refractivity contribution is 0.0909. The summed E-state index contributed by atoms with van der Waals surface area (Å²) in [5, 5.41) is 3.21. The van der Waals surface area contributed by atoms with Crippen molar-refractivity contribution >= 4 is 23.4 Å². The summed E-state index contributed by atoms with van der Waals surface area (Å²) < 4.78 is 0. The van der Waals surface area contributed by atoms with E-state index >= 15 is 0 Å². The Hall–Kier alpha value is -1.98. The first-order valence-electron chi connectivity index (χ1n) is 8.83. The van der Waals surface area contributed by atoms with Gasteiger partial charge in [-0.05, 0) is 61.7 Å². The topological polar surface area (TPSA) is 58.4 Å². The van der Waals surface area contributed by atoms with Crippen LogP contribution in [0, 0.1) is 5.92 Å². The fourth-order valence-corrected chi connectivity index (χ4v) is 4.67. The molecule has 2 saturated heterocycles. The Bertz CT molecular complexity index is 750. The lowest BCUT2D eigenvalue weighted by Crippen LogP contribution is -2.47. The molecule has 5 heteroatoms. The molecular weight excluding hydrogens is 330 g/mol. The number of hydrogen-bond acceptors (Lipinski definition) is 4. The van der Waals surface area contributed by atoms with Crippen LogP contribution in [0.3, 0.4) is 0 Å². The van der Waals surface area contributed by atoms with Crippen molar-refractivity contribution in [3.05, 3.63) is 54.1 Å². The van der Waals surface area contributed by atoms with Crippen molar-refractivity contribution in [1.29, 1.82) is 0 Å². The molecular formula is C20H23N3OS. The molecule has 2 aliphatic rings. The maximum absolute atomic E-state index is 12.5. The molecule has 0 aromatic heterocycles. The third kappa shape index (κ3) is 3.83. The van der Waals surface area contributed by atoms with Crippen molar-refractivity contribution < 1.29 is 4.79 Å². The number of para-hydroxylation sites is 1. The lowest BCUT2D eigenvalue weighted by atomic mass is 9.96. The number of nitrogen functional groups attached to an aromatic ring is 1. The number of carbonyl (C=O) groups excluding carboxylic acids is 1. The molecule has 0 aliphatic carbocycles. The van der Waals surface area contributed by atoms with Gasteiger partial charge in [-0.2, -0.15) is 0 Å². The first-order valence-corrected chi connectivity index (χ1v) is 9.64. The first kappa shape index (κ1) is 16.5. The SMILES string of the molecule is Nc1ccccc1Sc1ccc(C(=O)N[C@@H]2C[C@H]3CCN(C3)C2)cc1.